The molecule has 0 bridgehead atoms. The van der Waals surface area contributed by atoms with Crippen molar-refractivity contribution in [3.8, 4) is 0 Å². The molecule has 1 aliphatic rings. The van der Waals surface area contributed by atoms with Crippen molar-refractivity contribution in [1.29, 1.82) is 0 Å². The molecule has 6 nitrogen and oxygen atoms in total. The topological polar surface area (TPSA) is 71.3 Å². The molecule has 172 valence electrons. The zero-order valence-electron chi connectivity index (χ0n) is 18.6. The Morgan fingerprint density at radius 3 is 2.84 bits per heavy atom. The second-order valence-electron chi connectivity index (χ2n) is 7.85. The Labute approximate surface area is 206 Å². The minimum absolute atomic E-state index is 0. The van der Waals surface area contributed by atoms with Gasteiger partial charge in [-0.15, -0.1) is 24.0 Å². The fourth-order valence-electron chi connectivity index (χ4n) is 4.11. The van der Waals surface area contributed by atoms with E-state index in [-0.39, 0.29) is 24.0 Å². The van der Waals surface area contributed by atoms with Gasteiger partial charge in [-0.25, -0.2) is 4.98 Å². The number of halogens is 1. The number of hydrogen-bond acceptors (Lipinski definition) is 3. The zero-order valence-corrected chi connectivity index (χ0v) is 21.8. The van der Waals surface area contributed by atoms with E-state index in [1.807, 2.05) is 19.3 Å². The van der Waals surface area contributed by atoms with Crippen molar-refractivity contribution in [1.82, 2.24) is 20.2 Å². The van der Waals surface area contributed by atoms with Gasteiger partial charge in [-0.1, -0.05) is 43.7 Å². The minimum Gasteiger partial charge on any atom is -0.354 e. The van der Waals surface area contributed by atoms with Crippen LogP contribution in [0, 0.1) is 0 Å². The maximum Gasteiger partial charge on any atom is 0.191 e. The molecular formula is C23H36IN5OS. The van der Waals surface area contributed by atoms with E-state index in [1.165, 1.54) is 5.56 Å². The second-order valence-corrected chi connectivity index (χ2v) is 9.86. The van der Waals surface area contributed by atoms with E-state index in [2.05, 4.69) is 55.5 Å². The van der Waals surface area contributed by atoms with Crippen molar-refractivity contribution in [2.45, 2.75) is 69.8 Å². The van der Waals surface area contributed by atoms with Gasteiger partial charge in [0.2, 0.25) is 0 Å². The van der Waals surface area contributed by atoms with Crippen LogP contribution in [0.4, 0.5) is 0 Å². The monoisotopic (exact) mass is 557 g/mol. The van der Waals surface area contributed by atoms with Crippen LogP contribution in [0.2, 0.25) is 0 Å². The first kappa shape index (κ1) is 25.8. The second kappa shape index (κ2) is 13.9. The van der Waals surface area contributed by atoms with Crippen LogP contribution in [0.1, 0.15) is 50.4 Å². The smallest absolute Gasteiger partial charge is 0.191 e. The Morgan fingerprint density at radius 1 is 1.29 bits per heavy atom. The lowest BCUT2D eigenvalue weighted by Gasteiger charge is -2.30. The van der Waals surface area contributed by atoms with Crippen LogP contribution in [0.15, 0.2) is 47.7 Å². The number of guanidine groups is 1. The van der Waals surface area contributed by atoms with E-state index in [0.29, 0.717) is 17.8 Å². The van der Waals surface area contributed by atoms with Gasteiger partial charge in [-0.05, 0) is 37.7 Å². The fourth-order valence-corrected chi connectivity index (χ4v) is 5.46. The number of aliphatic imine (C=N–C) groups is 1. The highest BCUT2D eigenvalue weighted by Crippen LogP contribution is 2.23. The first-order valence-electron chi connectivity index (χ1n) is 11.1. The highest BCUT2D eigenvalue weighted by atomic mass is 127. The molecule has 3 rings (SSSR count). The summed E-state index contributed by atoms with van der Waals surface area (Å²) < 4.78 is 14.4. The number of nitrogens with one attached hydrogen (secondary N) is 2. The molecule has 1 fully saturated rings. The molecule has 3 atom stereocenters. The number of imidazole rings is 1. The van der Waals surface area contributed by atoms with Gasteiger partial charge in [0.15, 0.2) is 5.96 Å². The van der Waals surface area contributed by atoms with E-state index in [1.54, 1.807) is 7.05 Å². The largest absolute Gasteiger partial charge is 0.354 e. The lowest BCUT2D eigenvalue weighted by Crippen LogP contribution is -2.46. The number of aromatic nitrogens is 2. The molecular weight excluding hydrogens is 521 g/mol. The predicted octanol–water partition coefficient (Wildman–Crippen LogP) is 3.88. The van der Waals surface area contributed by atoms with Crippen LogP contribution in [0.25, 0.3) is 0 Å². The first-order chi connectivity index (χ1) is 14.7. The number of aryl methyl sites for hydroxylation is 2. The van der Waals surface area contributed by atoms with E-state index >= 15 is 0 Å². The molecule has 8 heteroatoms. The lowest BCUT2D eigenvalue weighted by molar-refractivity contribution is 0.413. The SMILES string of the molecule is CCS(=O)C1CCCC(NC(=NC)NCc2nccn2CCCc2ccccc2)C1.I. The Bertz CT molecular complexity index is 826. The molecule has 2 aromatic rings. The van der Waals surface area contributed by atoms with Crippen LogP contribution >= 0.6 is 24.0 Å². The van der Waals surface area contributed by atoms with E-state index in [4.69, 9.17) is 0 Å². The van der Waals surface area contributed by atoms with Gasteiger partial charge < -0.3 is 15.2 Å². The molecule has 0 aliphatic heterocycles. The van der Waals surface area contributed by atoms with Gasteiger partial charge in [-0.3, -0.25) is 9.20 Å². The number of rotatable bonds is 9. The van der Waals surface area contributed by atoms with Crippen LogP contribution in [0.3, 0.4) is 0 Å². The molecule has 2 N–H and O–H groups in total. The molecule has 0 saturated heterocycles. The van der Waals surface area contributed by atoms with E-state index in [0.717, 1.165) is 62.6 Å². The Balaban J connectivity index is 0.00000341. The summed E-state index contributed by atoms with van der Waals surface area (Å²) in [4.78, 5) is 8.90. The summed E-state index contributed by atoms with van der Waals surface area (Å²) in [6, 6.07) is 10.9. The van der Waals surface area contributed by atoms with Crippen molar-refractivity contribution >= 4 is 40.7 Å². The van der Waals surface area contributed by atoms with Crippen LogP contribution in [-0.2, 0) is 30.3 Å². The summed E-state index contributed by atoms with van der Waals surface area (Å²) in [5.74, 6) is 2.55. The fraction of sp³-hybridized carbons (Fsp3) is 0.565. The van der Waals surface area contributed by atoms with Gasteiger partial charge in [0.25, 0.3) is 0 Å². The van der Waals surface area contributed by atoms with Crippen molar-refractivity contribution in [3.63, 3.8) is 0 Å². The third-order valence-electron chi connectivity index (χ3n) is 5.77. The normalized spacial score (nSPS) is 20.0. The van der Waals surface area contributed by atoms with Gasteiger partial charge in [0, 0.05) is 53.8 Å². The standard InChI is InChI=1S/C23H35N5OS.HI/c1-3-30(29)21-13-7-12-20(17-21)27-23(24-2)26-18-22-25-14-16-28(22)15-8-11-19-9-5-4-6-10-19;/h4-6,9-10,14,16,20-21H,3,7-8,11-13,15,17-18H2,1-2H3,(H2,24,26,27);1H. The zero-order chi connectivity index (χ0) is 21.2. The van der Waals surface area contributed by atoms with Gasteiger partial charge >= 0.3 is 0 Å². The summed E-state index contributed by atoms with van der Waals surface area (Å²) >= 11 is 0. The highest BCUT2D eigenvalue weighted by molar-refractivity contribution is 14.0. The number of nitrogens with zero attached hydrogens (tertiary/aromatic N) is 3. The first-order valence-corrected chi connectivity index (χ1v) is 12.5. The molecule has 1 heterocycles. The summed E-state index contributed by atoms with van der Waals surface area (Å²) in [6.07, 6.45) is 10.3. The molecule has 3 unspecified atom stereocenters. The quantitative estimate of drug-likeness (QED) is 0.279. The summed E-state index contributed by atoms with van der Waals surface area (Å²) in [5, 5.41) is 7.24. The van der Waals surface area contributed by atoms with Gasteiger partial charge in [0.1, 0.15) is 5.82 Å². The maximum atomic E-state index is 12.2. The van der Waals surface area contributed by atoms with Crippen LogP contribution < -0.4 is 10.6 Å². The average Bonchev–Trinajstić information content (AvgIpc) is 3.24. The van der Waals surface area contributed by atoms with Crippen molar-refractivity contribution in [2.75, 3.05) is 12.8 Å². The highest BCUT2D eigenvalue weighted by Gasteiger charge is 2.26. The molecule has 31 heavy (non-hydrogen) atoms. The van der Waals surface area contributed by atoms with Crippen molar-refractivity contribution in [3.05, 3.63) is 54.1 Å². The van der Waals surface area contributed by atoms with Gasteiger partial charge in [-0.2, -0.15) is 0 Å². The number of benzene rings is 1. The van der Waals surface area contributed by atoms with Gasteiger partial charge in [0.05, 0.1) is 6.54 Å². The minimum atomic E-state index is -0.713. The lowest BCUT2D eigenvalue weighted by atomic mass is 9.95. The summed E-state index contributed by atoms with van der Waals surface area (Å²) in [7, 11) is 1.08. The molecule has 1 aromatic heterocycles. The Hall–Kier alpha value is -1.42. The van der Waals surface area contributed by atoms with E-state index < -0.39 is 10.8 Å². The molecule has 0 amide bonds. The predicted molar refractivity (Wildman–Crippen MR) is 140 cm³/mol. The molecule has 0 radical (unpaired) electrons. The Morgan fingerprint density at radius 2 is 2.10 bits per heavy atom. The number of hydrogen-bond donors (Lipinski definition) is 2. The van der Waals surface area contributed by atoms with Crippen LogP contribution in [0.5, 0.6) is 0 Å². The molecule has 1 saturated carbocycles. The summed E-state index contributed by atoms with van der Waals surface area (Å²) in [6.45, 7) is 3.59. The molecule has 1 aromatic carbocycles. The summed E-state index contributed by atoms with van der Waals surface area (Å²) in [5.41, 5.74) is 1.37. The molecule has 0 spiro atoms. The third kappa shape index (κ3) is 8.21. The van der Waals surface area contributed by atoms with Crippen LogP contribution in [-0.4, -0.2) is 43.8 Å². The van der Waals surface area contributed by atoms with Crippen molar-refractivity contribution in [2.24, 2.45) is 4.99 Å². The molecule has 1 aliphatic carbocycles. The third-order valence-corrected chi connectivity index (χ3v) is 7.51. The van der Waals surface area contributed by atoms with Crippen molar-refractivity contribution < 1.29 is 4.21 Å². The average molecular weight is 558 g/mol. The Kier molecular flexibility index (Phi) is 11.6. The van der Waals surface area contributed by atoms with E-state index in [9.17, 15) is 4.21 Å². The maximum absolute atomic E-state index is 12.2.